The predicted octanol–water partition coefficient (Wildman–Crippen LogP) is 3.11. The van der Waals surface area contributed by atoms with Crippen molar-refractivity contribution >= 4 is 35.0 Å². The Morgan fingerprint density at radius 3 is 3.00 bits per heavy atom. The maximum Gasteiger partial charge on any atom is 0.234 e. The van der Waals surface area contributed by atoms with E-state index in [-0.39, 0.29) is 11.8 Å². The molecule has 2 amide bonds. The monoisotopic (exact) mass is 278 g/mol. The summed E-state index contributed by atoms with van der Waals surface area (Å²) in [5.41, 5.74) is 1.51. The summed E-state index contributed by atoms with van der Waals surface area (Å²) in [6.07, 6.45) is 1.40. The van der Waals surface area contributed by atoms with Crippen LogP contribution in [0.1, 0.15) is 26.7 Å². The second-order valence-corrected chi connectivity index (χ2v) is 6.05. The van der Waals surface area contributed by atoms with Crippen molar-refractivity contribution in [1.82, 2.24) is 0 Å². The van der Waals surface area contributed by atoms with E-state index in [0.717, 1.165) is 22.7 Å². The molecule has 4 nitrogen and oxygen atoms in total. The van der Waals surface area contributed by atoms with Crippen LogP contribution in [0.5, 0.6) is 0 Å². The van der Waals surface area contributed by atoms with Crippen LogP contribution >= 0.6 is 11.8 Å². The molecule has 0 spiro atoms. The normalized spacial score (nSPS) is 13.9. The number of hydrogen-bond acceptors (Lipinski definition) is 3. The van der Waals surface area contributed by atoms with E-state index in [1.165, 1.54) is 11.8 Å². The summed E-state index contributed by atoms with van der Waals surface area (Å²) in [4.78, 5) is 24.1. The van der Waals surface area contributed by atoms with E-state index >= 15 is 0 Å². The van der Waals surface area contributed by atoms with Gasteiger partial charge >= 0.3 is 0 Å². The van der Waals surface area contributed by atoms with Crippen LogP contribution in [0.15, 0.2) is 23.1 Å². The average Bonchev–Trinajstić information content (AvgIpc) is 2.36. The first-order valence-electron chi connectivity index (χ1n) is 6.41. The van der Waals surface area contributed by atoms with Crippen LogP contribution in [0.3, 0.4) is 0 Å². The van der Waals surface area contributed by atoms with Gasteiger partial charge in [-0.15, -0.1) is 11.8 Å². The molecule has 0 aromatic heterocycles. The van der Waals surface area contributed by atoms with Crippen molar-refractivity contribution in [2.24, 2.45) is 5.92 Å². The third-order valence-electron chi connectivity index (χ3n) is 2.84. The lowest BCUT2D eigenvalue weighted by atomic mass is 10.1. The maximum atomic E-state index is 11.7. The van der Waals surface area contributed by atoms with E-state index < -0.39 is 0 Å². The van der Waals surface area contributed by atoms with Gasteiger partial charge in [-0.25, -0.2) is 0 Å². The Morgan fingerprint density at radius 2 is 2.26 bits per heavy atom. The summed E-state index contributed by atoms with van der Waals surface area (Å²) in [6.45, 7) is 4.19. The molecule has 0 fully saturated rings. The Kier molecular flexibility index (Phi) is 4.47. The van der Waals surface area contributed by atoms with Crippen molar-refractivity contribution in [3.05, 3.63) is 18.2 Å². The number of carbonyl (C=O) groups is 2. The molecule has 5 heteroatoms. The molecule has 1 aliphatic rings. The number of rotatable bonds is 4. The summed E-state index contributed by atoms with van der Waals surface area (Å²) in [7, 11) is 0. The molecule has 2 rings (SSSR count). The van der Waals surface area contributed by atoms with Gasteiger partial charge in [0.15, 0.2) is 0 Å². The molecule has 0 bridgehead atoms. The van der Waals surface area contributed by atoms with Crippen molar-refractivity contribution in [1.29, 1.82) is 0 Å². The highest BCUT2D eigenvalue weighted by Crippen LogP contribution is 2.33. The minimum Gasteiger partial charge on any atom is -0.326 e. The summed E-state index contributed by atoms with van der Waals surface area (Å²) in [6, 6.07) is 5.61. The number of thioether (sulfide) groups is 1. The van der Waals surface area contributed by atoms with Crippen molar-refractivity contribution in [2.75, 3.05) is 16.4 Å². The van der Waals surface area contributed by atoms with Gasteiger partial charge in [-0.1, -0.05) is 13.8 Å². The van der Waals surface area contributed by atoms with Gasteiger partial charge in [-0.2, -0.15) is 0 Å². The lowest BCUT2D eigenvalue weighted by Gasteiger charge is -2.17. The molecule has 1 aliphatic heterocycles. The molecule has 0 radical (unpaired) electrons. The van der Waals surface area contributed by atoms with E-state index in [1.807, 2.05) is 18.2 Å². The van der Waals surface area contributed by atoms with Crippen LogP contribution in [-0.2, 0) is 9.59 Å². The van der Waals surface area contributed by atoms with Crippen LogP contribution in [0, 0.1) is 5.92 Å². The second-order valence-electron chi connectivity index (χ2n) is 5.03. The van der Waals surface area contributed by atoms with Crippen LogP contribution < -0.4 is 10.6 Å². The van der Waals surface area contributed by atoms with Gasteiger partial charge in [0.2, 0.25) is 11.8 Å². The zero-order valence-electron chi connectivity index (χ0n) is 11.2. The second kappa shape index (κ2) is 6.10. The Bertz CT molecular complexity index is 500. The summed E-state index contributed by atoms with van der Waals surface area (Å²) in [5.74, 6) is 0.988. The molecular weight excluding hydrogens is 260 g/mol. The molecule has 0 atom stereocenters. The molecule has 0 aliphatic carbocycles. The van der Waals surface area contributed by atoms with Crippen LogP contribution in [0.2, 0.25) is 0 Å². The third-order valence-corrected chi connectivity index (χ3v) is 3.92. The topological polar surface area (TPSA) is 58.2 Å². The molecule has 102 valence electrons. The summed E-state index contributed by atoms with van der Waals surface area (Å²) in [5, 5.41) is 5.68. The number of amides is 2. The molecule has 19 heavy (non-hydrogen) atoms. The first-order chi connectivity index (χ1) is 9.04. The van der Waals surface area contributed by atoms with E-state index in [2.05, 4.69) is 24.5 Å². The number of hydrogen-bond donors (Lipinski definition) is 2. The molecule has 0 saturated heterocycles. The quantitative estimate of drug-likeness (QED) is 0.889. The SMILES string of the molecule is CC(C)CCC(=O)Nc1ccc2c(c1)NC(=O)CS2. The van der Waals surface area contributed by atoms with E-state index in [0.29, 0.717) is 18.1 Å². The van der Waals surface area contributed by atoms with Crippen molar-refractivity contribution in [3.8, 4) is 0 Å². The number of anilines is 2. The number of nitrogens with one attached hydrogen (secondary N) is 2. The fourth-order valence-electron chi connectivity index (χ4n) is 1.80. The van der Waals surface area contributed by atoms with Gasteiger partial charge in [0.05, 0.1) is 11.4 Å². The standard InChI is InChI=1S/C14H18N2O2S/c1-9(2)3-6-13(17)15-10-4-5-12-11(7-10)16-14(18)8-19-12/h4-5,7,9H,3,6,8H2,1-2H3,(H,15,17)(H,16,18). The molecule has 1 heterocycles. The molecule has 1 aromatic carbocycles. The first kappa shape index (κ1) is 13.9. The molecule has 0 saturated carbocycles. The van der Waals surface area contributed by atoms with Gasteiger partial charge in [0.1, 0.15) is 0 Å². The fraction of sp³-hybridized carbons (Fsp3) is 0.429. The molecular formula is C14H18N2O2S. The van der Waals surface area contributed by atoms with Crippen LogP contribution in [-0.4, -0.2) is 17.6 Å². The Morgan fingerprint density at radius 1 is 1.47 bits per heavy atom. The highest BCUT2D eigenvalue weighted by Gasteiger charge is 2.15. The Labute approximate surface area is 117 Å². The minimum absolute atomic E-state index is 0.000726. The van der Waals surface area contributed by atoms with Gasteiger partial charge in [-0.05, 0) is 30.5 Å². The minimum atomic E-state index is 0.000726. The van der Waals surface area contributed by atoms with Gasteiger partial charge < -0.3 is 10.6 Å². The smallest absolute Gasteiger partial charge is 0.234 e. The van der Waals surface area contributed by atoms with Crippen molar-refractivity contribution in [3.63, 3.8) is 0 Å². The zero-order chi connectivity index (χ0) is 13.8. The van der Waals surface area contributed by atoms with E-state index in [9.17, 15) is 9.59 Å². The van der Waals surface area contributed by atoms with Crippen molar-refractivity contribution < 1.29 is 9.59 Å². The third kappa shape index (κ3) is 3.99. The molecule has 1 aromatic rings. The van der Waals surface area contributed by atoms with Gasteiger partial charge in [0, 0.05) is 17.0 Å². The highest BCUT2D eigenvalue weighted by atomic mass is 32.2. The Balaban J connectivity index is 2.00. The van der Waals surface area contributed by atoms with Crippen LogP contribution in [0.25, 0.3) is 0 Å². The van der Waals surface area contributed by atoms with E-state index in [4.69, 9.17) is 0 Å². The number of fused-ring (bicyclic) bond motifs is 1. The van der Waals surface area contributed by atoms with Gasteiger partial charge in [-0.3, -0.25) is 9.59 Å². The van der Waals surface area contributed by atoms with E-state index in [1.54, 1.807) is 0 Å². The lowest BCUT2D eigenvalue weighted by molar-refractivity contribution is -0.116. The average molecular weight is 278 g/mol. The van der Waals surface area contributed by atoms with Crippen LogP contribution in [0.4, 0.5) is 11.4 Å². The summed E-state index contributed by atoms with van der Waals surface area (Å²) < 4.78 is 0. The first-order valence-corrected chi connectivity index (χ1v) is 7.39. The number of benzene rings is 1. The maximum absolute atomic E-state index is 11.7. The largest absolute Gasteiger partial charge is 0.326 e. The summed E-state index contributed by atoms with van der Waals surface area (Å²) >= 11 is 1.51. The lowest BCUT2D eigenvalue weighted by Crippen LogP contribution is -2.19. The Hall–Kier alpha value is -1.49. The molecule has 2 N–H and O–H groups in total. The predicted molar refractivity (Wildman–Crippen MR) is 78.5 cm³/mol. The fourth-order valence-corrected chi connectivity index (χ4v) is 2.59. The molecule has 0 unspecified atom stereocenters. The highest BCUT2D eigenvalue weighted by molar-refractivity contribution is 8.00. The van der Waals surface area contributed by atoms with Crippen molar-refractivity contribution in [2.45, 2.75) is 31.6 Å². The number of carbonyl (C=O) groups excluding carboxylic acids is 2. The van der Waals surface area contributed by atoms with Gasteiger partial charge in [0.25, 0.3) is 0 Å². The zero-order valence-corrected chi connectivity index (χ0v) is 12.0.